The lowest BCUT2D eigenvalue weighted by atomic mass is 10.2. The van der Waals surface area contributed by atoms with Crippen LogP contribution in [-0.2, 0) is 10.0 Å². The third-order valence-corrected chi connectivity index (χ3v) is 6.01. The average molecular weight is 446 g/mol. The van der Waals surface area contributed by atoms with Crippen molar-refractivity contribution in [2.75, 3.05) is 15.4 Å². The lowest BCUT2D eigenvalue weighted by Gasteiger charge is -2.15. The highest BCUT2D eigenvalue weighted by atomic mass is 35.5. The van der Waals surface area contributed by atoms with Gasteiger partial charge in [0.05, 0.1) is 4.90 Å². The number of halogens is 1. The summed E-state index contributed by atoms with van der Waals surface area (Å²) >= 11 is 11.2. The predicted octanol–water partition coefficient (Wildman–Crippen LogP) is 5.57. The summed E-state index contributed by atoms with van der Waals surface area (Å²) in [4.78, 5) is 0.124. The molecule has 0 aromatic heterocycles. The standard InChI is InChI=1S/C21H20ClN3O2S2/c1-14-3-8-17(9-4-14)23-21(28)24-20-13-19(12-5-15(20)2)29(26,27)25-18-10-6-16(22)7-11-18/h3-13,25H,1-2H3,(H2,23,24,28). The second kappa shape index (κ2) is 8.82. The topological polar surface area (TPSA) is 70.2 Å². The summed E-state index contributed by atoms with van der Waals surface area (Å²) in [5.41, 5.74) is 3.90. The molecule has 0 saturated heterocycles. The number of aryl methyl sites for hydroxylation is 2. The Morgan fingerprint density at radius 3 is 2.14 bits per heavy atom. The van der Waals surface area contributed by atoms with Crippen LogP contribution in [0.4, 0.5) is 17.1 Å². The summed E-state index contributed by atoms with van der Waals surface area (Å²) in [6.07, 6.45) is 0. The van der Waals surface area contributed by atoms with Gasteiger partial charge in [0, 0.05) is 22.1 Å². The maximum Gasteiger partial charge on any atom is 0.261 e. The molecule has 5 nitrogen and oxygen atoms in total. The maximum atomic E-state index is 12.7. The summed E-state index contributed by atoms with van der Waals surface area (Å²) in [5, 5.41) is 7.06. The smallest absolute Gasteiger partial charge is 0.261 e. The summed E-state index contributed by atoms with van der Waals surface area (Å²) in [6.45, 7) is 3.88. The first-order valence-electron chi connectivity index (χ1n) is 8.77. The van der Waals surface area contributed by atoms with Crippen molar-refractivity contribution in [1.82, 2.24) is 0 Å². The van der Waals surface area contributed by atoms with E-state index < -0.39 is 10.0 Å². The Hall–Kier alpha value is -2.61. The molecule has 0 bridgehead atoms. The monoisotopic (exact) mass is 445 g/mol. The lowest BCUT2D eigenvalue weighted by molar-refractivity contribution is 0.601. The number of nitrogens with one attached hydrogen (secondary N) is 3. The molecule has 0 heterocycles. The predicted molar refractivity (Wildman–Crippen MR) is 124 cm³/mol. The molecule has 0 spiro atoms. The minimum Gasteiger partial charge on any atom is -0.332 e. The molecule has 0 radical (unpaired) electrons. The SMILES string of the molecule is Cc1ccc(NC(=S)Nc2cc(S(=O)(=O)Nc3ccc(Cl)cc3)ccc2C)cc1. The van der Waals surface area contributed by atoms with E-state index in [2.05, 4.69) is 15.4 Å². The Kier molecular flexibility index (Phi) is 6.42. The van der Waals surface area contributed by atoms with Crippen molar-refractivity contribution >= 4 is 56.0 Å². The minimum absolute atomic E-state index is 0.124. The van der Waals surface area contributed by atoms with E-state index in [-0.39, 0.29) is 4.90 Å². The van der Waals surface area contributed by atoms with Gasteiger partial charge in [-0.25, -0.2) is 8.42 Å². The molecule has 8 heteroatoms. The molecule has 29 heavy (non-hydrogen) atoms. The van der Waals surface area contributed by atoms with Crippen LogP contribution >= 0.6 is 23.8 Å². The fourth-order valence-corrected chi connectivity index (χ4v) is 3.99. The molecule has 3 rings (SSSR count). The number of hydrogen-bond donors (Lipinski definition) is 3. The molecule has 0 aliphatic rings. The quantitative estimate of drug-likeness (QED) is 0.448. The van der Waals surface area contributed by atoms with Gasteiger partial charge in [0.15, 0.2) is 5.11 Å². The van der Waals surface area contributed by atoms with Crippen LogP contribution in [0.1, 0.15) is 11.1 Å². The van der Waals surface area contributed by atoms with E-state index in [9.17, 15) is 8.42 Å². The van der Waals surface area contributed by atoms with Crippen LogP contribution < -0.4 is 15.4 Å². The fraction of sp³-hybridized carbons (Fsp3) is 0.0952. The van der Waals surface area contributed by atoms with E-state index in [4.69, 9.17) is 23.8 Å². The molecule has 3 aromatic carbocycles. The largest absolute Gasteiger partial charge is 0.332 e. The van der Waals surface area contributed by atoms with Gasteiger partial charge in [0.1, 0.15) is 0 Å². The number of anilines is 3. The molecule has 0 fully saturated rings. The molecule has 0 amide bonds. The zero-order chi connectivity index (χ0) is 21.0. The molecule has 3 N–H and O–H groups in total. The van der Waals surface area contributed by atoms with Crippen molar-refractivity contribution in [3.8, 4) is 0 Å². The van der Waals surface area contributed by atoms with Gasteiger partial charge < -0.3 is 10.6 Å². The Labute approximate surface area is 181 Å². The number of benzene rings is 3. The molecular weight excluding hydrogens is 426 g/mol. The van der Waals surface area contributed by atoms with Crippen LogP contribution in [0.5, 0.6) is 0 Å². The Balaban J connectivity index is 1.77. The van der Waals surface area contributed by atoms with Gasteiger partial charge in [-0.05, 0) is 80.2 Å². The van der Waals surface area contributed by atoms with Crippen LogP contribution in [0.3, 0.4) is 0 Å². The molecule has 3 aromatic rings. The van der Waals surface area contributed by atoms with Crippen molar-refractivity contribution in [1.29, 1.82) is 0 Å². The zero-order valence-corrected chi connectivity index (χ0v) is 18.3. The van der Waals surface area contributed by atoms with Gasteiger partial charge >= 0.3 is 0 Å². The maximum absolute atomic E-state index is 12.7. The van der Waals surface area contributed by atoms with Crippen molar-refractivity contribution in [2.24, 2.45) is 0 Å². The van der Waals surface area contributed by atoms with Crippen molar-refractivity contribution < 1.29 is 8.42 Å². The van der Waals surface area contributed by atoms with Gasteiger partial charge in [0.25, 0.3) is 10.0 Å². The Morgan fingerprint density at radius 1 is 0.862 bits per heavy atom. The van der Waals surface area contributed by atoms with Crippen LogP contribution in [0, 0.1) is 13.8 Å². The van der Waals surface area contributed by atoms with Gasteiger partial charge in [-0.3, -0.25) is 4.72 Å². The third kappa shape index (κ3) is 5.69. The minimum atomic E-state index is -3.76. The van der Waals surface area contributed by atoms with E-state index >= 15 is 0 Å². The molecule has 0 aliphatic carbocycles. The first-order chi connectivity index (χ1) is 13.7. The summed E-state index contributed by atoms with van der Waals surface area (Å²) in [7, 11) is -3.76. The summed E-state index contributed by atoms with van der Waals surface area (Å²) in [6, 6.07) is 19.1. The Morgan fingerprint density at radius 2 is 1.48 bits per heavy atom. The molecule has 0 aliphatic heterocycles. The van der Waals surface area contributed by atoms with E-state index in [1.165, 1.54) is 0 Å². The highest BCUT2D eigenvalue weighted by molar-refractivity contribution is 7.92. The van der Waals surface area contributed by atoms with E-state index in [1.54, 1.807) is 42.5 Å². The first-order valence-corrected chi connectivity index (χ1v) is 11.0. The van der Waals surface area contributed by atoms with Crippen LogP contribution in [0.15, 0.2) is 71.6 Å². The highest BCUT2D eigenvalue weighted by Crippen LogP contribution is 2.23. The van der Waals surface area contributed by atoms with Gasteiger partial charge in [-0.1, -0.05) is 35.4 Å². The van der Waals surface area contributed by atoms with E-state index in [1.807, 2.05) is 38.1 Å². The zero-order valence-electron chi connectivity index (χ0n) is 15.9. The number of hydrogen-bond acceptors (Lipinski definition) is 3. The number of rotatable bonds is 5. The van der Waals surface area contributed by atoms with Gasteiger partial charge in [-0.2, -0.15) is 0 Å². The van der Waals surface area contributed by atoms with E-state index in [0.717, 1.165) is 16.8 Å². The van der Waals surface area contributed by atoms with Crippen molar-refractivity contribution in [3.05, 3.63) is 82.9 Å². The van der Waals surface area contributed by atoms with E-state index in [0.29, 0.717) is 21.5 Å². The lowest BCUT2D eigenvalue weighted by Crippen LogP contribution is -2.20. The molecule has 150 valence electrons. The molecule has 0 unspecified atom stereocenters. The molecular formula is C21H20ClN3O2S2. The number of sulfonamides is 1. The van der Waals surface area contributed by atoms with Crippen molar-refractivity contribution in [3.63, 3.8) is 0 Å². The van der Waals surface area contributed by atoms with Crippen LogP contribution in [0.25, 0.3) is 0 Å². The summed E-state index contributed by atoms with van der Waals surface area (Å²) in [5.74, 6) is 0. The second-order valence-corrected chi connectivity index (χ2v) is 9.06. The molecule has 0 atom stereocenters. The first kappa shape index (κ1) is 21.1. The Bertz CT molecular complexity index is 1130. The average Bonchev–Trinajstić information content (AvgIpc) is 2.67. The summed E-state index contributed by atoms with van der Waals surface area (Å²) < 4.78 is 28.0. The fourth-order valence-electron chi connectivity index (χ4n) is 2.56. The second-order valence-electron chi connectivity index (χ2n) is 6.53. The van der Waals surface area contributed by atoms with Crippen molar-refractivity contribution in [2.45, 2.75) is 18.7 Å². The third-order valence-electron chi connectivity index (χ3n) is 4.17. The number of thiocarbonyl (C=S) groups is 1. The van der Waals surface area contributed by atoms with Gasteiger partial charge in [0.2, 0.25) is 0 Å². The van der Waals surface area contributed by atoms with Crippen LogP contribution in [-0.4, -0.2) is 13.5 Å². The normalized spacial score (nSPS) is 11.0. The highest BCUT2D eigenvalue weighted by Gasteiger charge is 2.16. The van der Waals surface area contributed by atoms with Gasteiger partial charge in [-0.15, -0.1) is 0 Å². The van der Waals surface area contributed by atoms with Crippen LogP contribution in [0.2, 0.25) is 5.02 Å². The molecule has 0 saturated carbocycles.